The molecular weight excluding hydrogens is 252 g/mol. The molecule has 0 spiro atoms. The Morgan fingerprint density at radius 2 is 2.00 bits per heavy atom. The van der Waals surface area contributed by atoms with Gasteiger partial charge in [-0.2, -0.15) is 10.2 Å². The molecule has 2 heterocycles. The van der Waals surface area contributed by atoms with Crippen LogP contribution in [0.2, 0.25) is 0 Å². The third kappa shape index (κ3) is 3.90. The summed E-state index contributed by atoms with van der Waals surface area (Å²) in [5, 5.41) is 12.1. The minimum Gasteiger partial charge on any atom is -0.308 e. The van der Waals surface area contributed by atoms with E-state index in [2.05, 4.69) is 61.3 Å². The third-order valence-corrected chi connectivity index (χ3v) is 2.95. The van der Waals surface area contributed by atoms with E-state index in [0.717, 1.165) is 12.4 Å². The minimum atomic E-state index is 0.111. The van der Waals surface area contributed by atoms with Crippen LogP contribution in [0.4, 0.5) is 0 Å². The second kappa shape index (κ2) is 5.75. The molecule has 0 unspecified atom stereocenters. The maximum absolute atomic E-state index is 4.39. The van der Waals surface area contributed by atoms with Crippen molar-refractivity contribution in [3.05, 3.63) is 30.1 Å². The fourth-order valence-corrected chi connectivity index (χ4v) is 1.91. The molecule has 0 radical (unpaired) electrons. The second-order valence-electron chi connectivity index (χ2n) is 6.36. The van der Waals surface area contributed by atoms with Gasteiger partial charge in [0, 0.05) is 29.9 Å². The highest BCUT2D eigenvalue weighted by molar-refractivity contribution is 5.05. The van der Waals surface area contributed by atoms with Crippen molar-refractivity contribution < 1.29 is 0 Å². The van der Waals surface area contributed by atoms with Crippen LogP contribution in [0.15, 0.2) is 18.7 Å². The van der Waals surface area contributed by atoms with E-state index in [1.54, 1.807) is 6.33 Å². The average Bonchev–Trinajstić information content (AvgIpc) is 2.95. The van der Waals surface area contributed by atoms with Crippen LogP contribution in [-0.2, 0) is 13.1 Å². The van der Waals surface area contributed by atoms with Crippen LogP contribution >= 0.6 is 0 Å². The summed E-state index contributed by atoms with van der Waals surface area (Å²) in [6.07, 6.45) is 5.55. The van der Waals surface area contributed by atoms with E-state index >= 15 is 0 Å². The molecule has 0 aliphatic carbocycles. The van der Waals surface area contributed by atoms with Gasteiger partial charge in [-0.15, -0.1) is 0 Å². The Labute approximate surface area is 120 Å². The van der Waals surface area contributed by atoms with Gasteiger partial charge < -0.3 is 5.32 Å². The van der Waals surface area contributed by atoms with Crippen molar-refractivity contribution >= 4 is 0 Å². The number of nitrogens with zero attached hydrogens (tertiary/aromatic N) is 5. The molecule has 110 valence electrons. The van der Waals surface area contributed by atoms with Crippen molar-refractivity contribution in [3.8, 4) is 0 Å². The molecule has 0 fully saturated rings. The van der Waals surface area contributed by atoms with Crippen molar-refractivity contribution in [1.82, 2.24) is 29.9 Å². The summed E-state index contributed by atoms with van der Waals surface area (Å²) in [4.78, 5) is 4.30. The lowest BCUT2D eigenvalue weighted by molar-refractivity contribution is 0.424. The van der Waals surface area contributed by atoms with E-state index in [-0.39, 0.29) is 5.54 Å². The van der Waals surface area contributed by atoms with Crippen LogP contribution in [0.3, 0.4) is 0 Å². The van der Waals surface area contributed by atoms with Gasteiger partial charge in [0.2, 0.25) is 0 Å². The molecule has 0 amide bonds. The molecule has 20 heavy (non-hydrogen) atoms. The lowest BCUT2D eigenvalue weighted by Gasteiger charge is -2.19. The molecule has 0 aliphatic rings. The van der Waals surface area contributed by atoms with E-state index in [1.807, 2.05) is 15.6 Å². The van der Waals surface area contributed by atoms with Crippen LogP contribution < -0.4 is 5.32 Å². The fraction of sp³-hybridized carbons (Fsp3) is 0.643. The quantitative estimate of drug-likeness (QED) is 0.907. The van der Waals surface area contributed by atoms with Gasteiger partial charge >= 0.3 is 0 Å². The van der Waals surface area contributed by atoms with Gasteiger partial charge in [-0.05, 0) is 34.6 Å². The molecular formula is C14H24N6. The highest BCUT2D eigenvalue weighted by Crippen LogP contribution is 2.08. The maximum atomic E-state index is 4.39. The van der Waals surface area contributed by atoms with E-state index in [1.165, 1.54) is 5.56 Å². The Hall–Kier alpha value is -1.69. The summed E-state index contributed by atoms with van der Waals surface area (Å²) in [5.74, 6) is 0.929. The average molecular weight is 276 g/mol. The molecule has 0 bridgehead atoms. The number of rotatable bonds is 5. The van der Waals surface area contributed by atoms with Gasteiger partial charge in [0.1, 0.15) is 18.7 Å². The van der Waals surface area contributed by atoms with Gasteiger partial charge in [0.15, 0.2) is 0 Å². The normalized spacial score (nSPS) is 12.3. The van der Waals surface area contributed by atoms with Crippen LogP contribution in [-0.4, -0.2) is 30.1 Å². The van der Waals surface area contributed by atoms with Crippen LogP contribution in [0, 0.1) is 0 Å². The van der Waals surface area contributed by atoms with Crippen molar-refractivity contribution in [3.63, 3.8) is 0 Å². The molecule has 2 rings (SSSR count). The van der Waals surface area contributed by atoms with Crippen molar-refractivity contribution in [2.45, 2.75) is 59.3 Å². The Morgan fingerprint density at radius 1 is 1.25 bits per heavy atom. The smallest absolute Gasteiger partial charge is 0.148 e. The van der Waals surface area contributed by atoms with Crippen molar-refractivity contribution in [2.24, 2.45) is 0 Å². The fourth-order valence-electron chi connectivity index (χ4n) is 1.91. The predicted molar refractivity (Wildman–Crippen MR) is 78.3 cm³/mol. The molecule has 0 aliphatic heterocycles. The van der Waals surface area contributed by atoms with E-state index in [0.29, 0.717) is 12.6 Å². The first-order chi connectivity index (χ1) is 9.35. The Kier molecular flexibility index (Phi) is 4.23. The summed E-state index contributed by atoms with van der Waals surface area (Å²) in [5.41, 5.74) is 1.29. The predicted octanol–water partition coefficient (Wildman–Crippen LogP) is 1.99. The van der Waals surface area contributed by atoms with Gasteiger partial charge in [-0.1, -0.05) is 0 Å². The summed E-state index contributed by atoms with van der Waals surface area (Å²) < 4.78 is 3.83. The second-order valence-corrected chi connectivity index (χ2v) is 6.36. The summed E-state index contributed by atoms with van der Waals surface area (Å²) in [6.45, 7) is 12.1. The molecule has 0 atom stereocenters. The largest absolute Gasteiger partial charge is 0.308 e. The lowest BCUT2D eigenvalue weighted by atomic mass is 10.1. The van der Waals surface area contributed by atoms with Gasteiger partial charge in [-0.25, -0.2) is 9.67 Å². The SMILES string of the molecule is CC(C)n1ncnc1Cn1cc(CNC(C)(C)C)cn1. The third-order valence-electron chi connectivity index (χ3n) is 2.95. The molecule has 6 heteroatoms. The Bertz CT molecular complexity index is 546. The van der Waals surface area contributed by atoms with Gasteiger partial charge in [0.25, 0.3) is 0 Å². The molecule has 0 aromatic carbocycles. The van der Waals surface area contributed by atoms with Gasteiger partial charge in [-0.3, -0.25) is 4.68 Å². The van der Waals surface area contributed by atoms with E-state index < -0.39 is 0 Å². The molecule has 0 saturated carbocycles. The highest BCUT2D eigenvalue weighted by atomic mass is 15.4. The Morgan fingerprint density at radius 3 is 2.65 bits per heavy atom. The topological polar surface area (TPSA) is 60.6 Å². The van der Waals surface area contributed by atoms with Crippen LogP contribution in [0.1, 0.15) is 52.0 Å². The van der Waals surface area contributed by atoms with Crippen molar-refractivity contribution in [2.75, 3.05) is 0 Å². The summed E-state index contributed by atoms with van der Waals surface area (Å²) in [7, 11) is 0. The van der Waals surface area contributed by atoms with Crippen LogP contribution in [0.5, 0.6) is 0 Å². The monoisotopic (exact) mass is 276 g/mol. The molecule has 2 aromatic heterocycles. The van der Waals surface area contributed by atoms with E-state index in [4.69, 9.17) is 0 Å². The zero-order valence-electron chi connectivity index (χ0n) is 13.0. The summed E-state index contributed by atoms with van der Waals surface area (Å²) in [6, 6.07) is 0.310. The Balaban J connectivity index is 2.01. The highest BCUT2D eigenvalue weighted by Gasteiger charge is 2.11. The van der Waals surface area contributed by atoms with E-state index in [9.17, 15) is 0 Å². The standard InChI is InChI=1S/C14H24N6/c1-11(2)20-13(15-10-18-20)9-19-8-12(7-17-19)6-16-14(3,4)5/h7-8,10-11,16H,6,9H2,1-5H3. The first kappa shape index (κ1) is 14.7. The van der Waals surface area contributed by atoms with Crippen LogP contribution in [0.25, 0.3) is 0 Å². The number of nitrogens with one attached hydrogen (secondary N) is 1. The number of hydrogen-bond acceptors (Lipinski definition) is 4. The zero-order valence-corrected chi connectivity index (χ0v) is 13.0. The van der Waals surface area contributed by atoms with Crippen molar-refractivity contribution in [1.29, 1.82) is 0 Å². The maximum Gasteiger partial charge on any atom is 0.148 e. The van der Waals surface area contributed by atoms with Gasteiger partial charge in [0.05, 0.1) is 6.20 Å². The molecule has 6 nitrogen and oxygen atoms in total. The molecule has 0 saturated heterocycles. The first-order valence-corrected chi connectivity index (χ1v) is 7.00. The number of aromatic nitrogens is 5. The number of hydrogen-bond donors (Lipinski definition) is 1. The minimum absolute atomic E-state index is 0.111. The first-order valence-electron chi connectivity index (χ1n) is 7.00. The lowest BCUT2D eigenvalue weighted by Crippen LogP contribution is -2.34. The summed E-state index contributed by atoms with van der Waals surface area (Å²) >= 11 is 0. The molecule has 2 aromatic rings. The molecule has 1 N–H and O–H groups in total. The zero-order chi connectivity index (χ0) is 14.8.